The van der Waals surface area contributed by atoms with Gasteiger partial charge in [-0.15, -0.1) is 10.2 Å². The van der Waals surface area contributed by atoms with Gasteiger partial charge in [0.1, 0.15) is 11.5 Å². The average molecular weight is 549 g/mol. The zero-order valence-electron chi connectivity index (χ0n) is 21.1. The van der Waals surface area contributed by atoms with Crippen LogP contribution in [0.2, 0.25) is 0 Å². The fourth-order valence-electron chi connectivity index (χ4n) is 4.79. The molecule has 10 nitrogen and oxygen atoms in total. The van der Waals surface area contributed by atoms with Crippen molar-refractivity contribution in [3.63, 3.8) is 0 Å². The molecule has 0 aliphatic carbocycles. The summed E-state index contributed by atoms with van der Waals surface area (Å²) in [7, 11) is 0. The predicted octanol–water partition coefficient (Wildman–Crippen LogP) is 4.70. The lowest BCUT2D eigenvalue weighted by atomic mass is 9.95. The van der Waals surface area contributed by atoms with Gasteiger partial charge in [-0.2, -0.15) is 8.78 Å². The van der Waals surface area contributed by atoms with Crippen LogP contribution < -0.4 is 9.80 Å². The molecule has 0 bridgehead atoms. The minimum Gasteiger partial charge on any atom is -0.415 e. The fraction of sp³-hybridized carbons (Fsp3) is 0.259. The van der Waals surface area contributed by atoms with Gasteiger partial charge in [-0.25, -0.2) is 19.3 Å². The highest BCUT2D eigenvalue weighted by Gasteiger charge is 2.31. The van der Waals surface area contributed by atoms with Crippen molar-refractivity contribution in [3.05, 3.63) is 84.7 Å². The zero-order valence-corrected chi connectivity index (χ0v) is 21.1. The molecular weight excluding hydrogens is 525 g/mol. The first-order chi connectivity index (χ1) is 19.4. The zero-order chi connectivity index (χ0) is 27.6. The number of carbonyl (C=O) groups is 1. The summed E-state index contributed by atoms with van der Waals surface area (Å²) in [6.07, 6.45) is 5.14. The molecule has 6 rings (SSSR count). The Bertz CT molecular complexity index is 1630. The second-order valence-corrected chi connectivity index (χ2v) is 9.37. The van der Waals surface area contributed by atoms with Crippen molar-refractivity contribution in [2.45, 2.75) is 25.8 Å². The fourth-order valence-corrected chi connectivity index (χ4v) is 4.79. The second-order valence-electron chi connectivity index (χ2n) is 9.37. The molecule has 0 N–H and O–H groups in total. The first-order valence-electron chi connectivity index (χ1n) is 12.6. The first-order valence-corrected chi connectivity index (χ1v) is 12.6. The van der Waals surface area contributed by atoms with Crippen molar-refractivity contribution in [3.8, 4) is 11.5 Å². The third-order valence-electron chi connectivity index (χ3n) is 6.77. The standard InChI is InChI=1S/C27H23F3N8O2/c28-19-3-1-4-21(14-19)38(26(39)17-5-10-36(11-6-17)27-31-8-2-9-32-27)16-20-15-37-12-7-18(13-22(37)33-20)24-34-35-25(40-24)23(29)30/h1-4,7-9,12-15,17,23H,5-6,10-11,16H2. The number of hydrogen-bond donors (Lipinski definition) is 0. The number of fused-ring (bicyclic) bond motifs is 1. The summed E-state index contributed by atoms with van der Waals surface area (Å²) in [6, 6.07) is 10.9. The van der Waals surface area contributed by atoms with Crippen LogP contribution in [0, 0.1) is 11.7 Å². The van der Waals surface area contributed by atoms with E-state index in [1.807, 2.05) is 4.90 Å². The van der Waals surface area contributed by atoms with Crippen LogP contribution in [0.1, 0.15) is 30.9 Å². The van der Waals surface area contributed by atoms with Crippen LogP contribution in [-0.2, 0) is 11.3 Å². The van der Waals surface area contributed by atoms with Gasteiger partial charge in [0, 0.05) is 55.0 Å². The Balaban J connectivity index is 1.24. The summed E-state index contributed by atoms with van der Waals surface area (Å²) in [5, 5.41) is 7.05. The summed E-state index contributed by atoms with van der Waals surface area (Å²) >= 11 is 0. The van der Waals surface area contributed by atoms with Crippen LogP contribution in [0.3, 0.4) is 0 Å². The van der Waals surface area contributed by atoms with E-state index in [2.05, 4.69) is 25.1 Å². The molecule has 204 valence electrons. The number of benzene rings is 1. The molecule has 1 aliphatic rings. The highest BCUT2D eigenvalue weighted by molar-refractivity contribution is 5.95. The van der Waals surface area contributed by atoms with Crippen molar-refractivity contribution in [2.75, 3.05) is 22.9 Å². The molecule has 0 spiro atoms. The number of pyridine rings is 1. The third kappa shape index (κ3) is 5.22. The monoisotopic (exact) mass is 548 g/mol. The lowest BCUT2D eigenvalue weighted by molar-refractivity contribution is -0.123. The normalized spacial score (nSPS) is 14.2. The van der Waals surface area contributed by atoms with Gasteiger partial charge in [-0.3, -0.25) is 4.79 Å². The summed E-state index contributed by atoms with van der Waals surface area (Å²) in [4.78, 5) is 30.6. The van der Waals surface area contributed by atoms with E-state index in [1.165, 1.54) is 12.1 Å². The SMILES string of the molecule is O=C(C1CCN(c2ncccn2)CC1)N(Cc1cn2ccc(-c3nnc(C(F)F)o3)cc2n1)c1cccc(F)c1. The Kier molecular flexibility index (Phi) is 6.84. The van der Waals surface area contributed by atoms with Gasteiger partial charge >= 0.3 is 6.43 Å². The number of nitrogens with zero attached hydrogens (tertiary/aromatic N) is 8. The Labute approximate surface area is 226 Å². The number of imidazole rings is 1. The molecule has 13 heteroatoms. The maximum atomic E-state index is 14.2. The molecule has 1 saturated heterocycles. The Hall–Kier alpha value is -4.81. The van der Waals surface area contributed by atoms with Crippen LogP contribution in [0.4, 0.5) is 24.8 Å². The quantitative estimate of drug-likeness (QED) is 0.288. The molecule has 0 radical (unpaired) electrons. The Morgan fingerprint density at radius 1 is 1.07 bits per heavy atom. The Morgan fingerprint density at radius 2 is 1.88 bits per heavy atom. The first kappa shape index (κ1) is 25.5. The van der Waals surface area contributed by atoms with Crippen molar-refractivity contribution < 1.29 is 22.4 Å². The van der Waals surface area contributed by atoms with Crippen molar-refractivity contribution in [1.29, 1.82) is 0 Å². The van der Waals surface area contributed by atoms with E-state index in [9.17, 15) is 18.0 Å². The Morgan fingerprint density at radius 3 is 2.60 bits per heavy atom. The number of piperidine rings is 1. The topological polar surface area (TPSA) is 106 Å². The highest BCUT2D eigenvalue weighted by Crippen LogP contribution is 2.28. The number of halogens is 3. The molecule has 1 aliphatic heterocycles. The van der Waals surface area contributed by atoms with Crippen molar-refractivity contribution in [2.24, 2.45) is 5.92 Å². The van der Waals surface area contributed by atoms with Crippen molar-refractivity contribution in [1.82, 2.24) is 29.5 Å². The lowest BCUT2D eigenvalue weighted by Gasteiger charge is -2.34. The number of hydrogen-bond acceptors (Lipinski definition) is 8. The van der Waals surface area contributed by atoms with E-state index >= 15 is 0 Å². The molecule has 0 unspecified atom stereocenters. The summed E-state index contributed by atoms with van der Waals surface area (Å²) in [5.74, 6) is -1.02. The van der Waals surface area contributed by atoms with Gasteiger partial charge in [0.25, 0.3) is 5.89 Å². The maximum Gasteiger partial charge on any atom is 0.314 e. The van der Waals surface area contributed by atoms with Crippen LogP contribution in [0.15, 0.2) is 71.7 Å². The van der Waals surface area contributed by atoms with E-state index in [1.54, 1.807) is 64.4 Å². The number of carbonyl (C=O) groups excluding carboxylic acids is 1. The number of amides is 1. The van der Waals surface area contributed by atoms with Gasteiger partial charge in [-0.1, -0.05) is 6.07 Å². The molecular formula is C27H23F3N8O2. The third-order valence-corrected chi connectivity index (χ3v) is 6.77. The molecule has 40 heavy (non-hydrogen) atoms. The molecule has 4 aromatic heterocycles. The molecule has 0 saturated carbocycles. The van der Waals surface area contributed by atoms with Gasteiger partial charge in [0.2, 0.25) is 17.7 Å². The van der Waals surface area contributed by atoms with Crippen LogP contribution in [0.25, 0.3) is 17.1 Å². The van der Waals surface area contributed by atoms with Gasteiger partial charge in [-0.05, 0) is 49.2 Å². The predicted molar refractivity (Wildman–Crippen MR) is 138 cm³/mol. The van der Waals surface area contributed by atoms with E-state index in [0.717, 1.165) is 0 Å². The number of anilines is 2. The van der Waals surface area contributed by atoms with Crippen LogP contribution >= 0.6 is 0 Å². The van der Waals surface area contributed by atoms with Gasteiger partial charge in [0.15, 0.2) is 0 Å². The minimum atomic E-state index is -2.87. The smallest absolute Gasteiger partial charge is 0.314 e. The highest BCUT2D eigenvalue weighted by atomic mass is 19.3. The molecule has 0 atom stereocenters. The summed E-state index contributed by atoms with van der Waals surface area (Å²) < 4.78 is 46.7. The van der Waals surface area contributed by atoms with E-state index in [4.69, 9.17) is 4.42 Å². The van der Waals surface area contributed by atoms with Gasteiger partial charge < -0.3 is 18.6 Å². The molecule has 1 aromatic carbocycles. The number of aromatic nitrogens is 6. The van der Waals surface area contributed by atoms with E-state index in [-0.39, 0.29) is 24.3 Å². The summed E-state index contributed by atoms with van der Waals surface area (Å²) in [6.45, 7) is 1.35. The largest absolute Gasteiger partial charge is 0.415 e. The second kappa shape index (κ2) is 10.8. The van der Waals surface area contributed by atoms with E-state index in [0.29, 0.717) is 54.5 Å². The molecule has 1 amide bonds. The maximum absolute atomic E-state index is 14.2. The number of alkyl halides is 2. The molecule has 5 aromatic rings. The van der Waals surface area contributed by atoms with Gasteiger partial charge in [0.05, 0.1) is 12.2 Å². The minimum absolute atomic E-state index is 0.0499. The number of rotatable bonds is 7. The lowest BCUT2D eigenvalue weighted by Crippen LogP contribution is -2.43. The molecule has 1 fully saturated rings. The molecule has 5 heterocycles. The summed E-state index contributed by atoms with van der Waals surface area (Å²) in [5.41, 5.74) is 1.91. The van der Waals surface area contributed by atoms with Crippen LogP contribution in [0.5, 0.6) is 0 Å². The van der Waals surface area contributed by atoms with Crippen LogP contribution in [-0.4, -0.2) is 48.5 Å². The van der Waals surface area contributed by atoms with Crippen molar-refractivity contribution >= 4 is 23.2 Å². The average Bonchev–Trinajstić information content (AvgIpc) is 3.63. The van der Waals surface area contributed by atoms with E-state index < -0.39 is 18.1 Å².